The smallest absolute Gasteiger partial charge is 0.328 e. The molecule has 1 aromatic rings. The van der Waals surface area contributed by atoms with Crippen molar-refractivity contribution in [2.45, 2.75) is 6.42 Å². The minimum atomic E-state index is -1.09. The molecule has 20 heavy (non-hydrogen) atoms. The van der Waals surface area contributed by atoms with E-state index in [2.05, 4.69) is 4.90 Å². The van der Waals surface area contributed by atoms with Crippen LogP contribution in [0.1, 0.15) is 12.0 Å². The molecule has 1 aromatic carbocycles. The summed E-state index contributed by atoms with van der Waals surface area (Å²) in [6.45, 7) is 1.72. The highest BCUT2D eigenvalue weighted by Crippen LogP contribution is 2.24. The number of hydrogen-bond acceptors (Lipinski definition) is 3. The molecule has 0 heterocycles. The van der Waals surface area contributed by atoms with Gasteiger partial charge in [0, 0.05) is 30.9 Å². The van der Waals surface area contributed by atoms with E-state index in [4.69, 9.17) is 5.11 Å². The molecule has 0 saturated carbocycles. The average Bonchev–Trinajstić information content (AvgIpc) is 2.36. The average molecular weight is 280 g/mol. The summed E-state index contributed by atoms with van der Waals surface area (Å²) < 4.78 is 13.8. The van der Waals surface area contributed by atoms with Crippen LogP contribution in [0, 0.1) is 5.82 Å². The van der Waals surface area contributed by atoms with E-state index in [9.17, 15) is 9.18 Å². The molecule has 0 spiro atoms. The van der Waals surface area contributed by atoms with Crippen LogP contribution in [0.5, 0.6) is 0 Å². The summed E-state index contributed by atoms with van der Waals surface area (Å²) in [7, 11) is 5.88. The molecular formula is C15H21FN2O2. The lowest BCUT2D eigenvalue weighted by Gasteiger charge is -2.22. The third kappa shape index (κ3) is 5.01. The fourth-order valence-electron chi connectivity index (χ4n) is 1.92. The van der Waals surface area contributed by atoms with E-state index in [1.54, 1.807) is 12.1 Å². The molecule has 0 saturated heterocycles. The summed E-state index contributed by atoms with van der Waals surface area (Å²) in [5.41, 5.74) is 1.00. The molecule has 4 nitrogen and oxygen atoms in total. The highest BCUT2D eigenvalue weighted by Gasteiger charge is 2.10. The first-order valence-electron chi connectivity index (χ1n) is 6.47. The van der Waals surface area contributed by atoms with Gasteiger partial charge in [0.1, 0.15) is 5.82 Å². The van der Waals surface area contributed by atoms with E-state index in [1.165, 1.54) is 12.1 Å². The molecule has 0 aliphatic heterocycles. The molecule has 1 N–H and O–H groups in total. The third-order valence-corrected chi connectivity index (χ3v) is 2.93. The first-order valence-corrected chi connectivity index (χ1v) is 6.47. The van der Waals surface area contributed by atoms with Crippen molar-refractivity contribution >= 4 is 17.7 Å². The van der Waals surface area contributed by atoms with Gasteiger partial charge in [-0.1, -0.05) is 6.07 Å². The number of rotatable bonds is 7. The summed E-state index contributed by atoms with van der Waals surface area (Å²) in [6.07, 6.45) is 3.20. The Labute approximate surface area is 119 Å². The zero-order chi connectivity index (χ0) is 15.1. The van der Waals surface area contributed by atoms with Gasteiger partial charge in [-0.2, -0.15) is 0 Å². The summed E-state index contributed by atoms with van der Waals surface area (Å²) in [5.74, 6) is -1.51. The molecule has 0 bridgehead atoms. The van der Waals surface area contributed by atoms with Crippen molar-refractivity contribution in [2.24, 2.45) is 0 Å². The van der Waals surface area contributed by atoms with E-state index in [-0.39, 0.29) is 0 Å². The molecule has 0 aliphatic carbocycles. The van der Waals surface area contributed by atoms with Gasteiger partial charge in [0.2, 0.25) is 0 Å². The van der Waals surface area contributed by atoms with Gasteiger partial charge in [-0.05, 0) is 45.3 Å². The molecule has 0 radical (unpaired) electrons. The zero-order valence-electron chi connectivity index (χ0n) is 12.1. The van der Waals surface area contributed by atoms with Gasteiger partial charge in [-0.3, -0.25) is 0 Å². The van der Waals surface area contributed by atoms with E-state index < -0.39 is 11.8 Å². The maximum absolute atomic E-state index is 13.8. The van der Waals surface area contributed by atoms with Crippen LogP contribution in [0.25, 0.3) is 6.08 Å². The molecule has 0 aliphatic rings. The van der Waals surface area contributed by atoms with E-state index in [1.807, 2.05) is 26.0 Å². The Bertz CT molecular complexity index is 487. The van der Waals surface area contributed by atoms with Crippen molar-refractivity contribution < 1.29 is 14.3 Å². The van der Waals surface area contributed by atoms with Crippen LogP contribution < -0.4 is 4.90 Å². The van der Waals surface area contributed by atoms with Crippen LogP contribution in [0.15, 0.2) is 24.3 Å². The molecule has 1 rings (SSSR count). The van der Waals surface area contributed by atoms with Crippen molar-refractivity contribution in [3.05, 3.63) is 35.7 Å². The van der Waals surface area contributed by atoms with Gasteiger partial charge in [-0.15, -0.1) is 0 Å². The Morgan fingerprint density at radius 2 is 2.00 bits per heavy atom. The van der Waals surface area contributed by atoms with E-state index in [0.29, 0.717) is 11.3 Å². The topological polar surface area (TPSA) is 43.8 Å². The number of anilines is 1. The number of halogens is 1. The lowest BCUT2D eigenvalue weighted by molar-refractivity contribution is -0.131. The van der Waals surface area contributed by atoms with Gasteiger partial charge in [-0.25, -0.2) is 9.18 Å². The Kier molecular flexibility index (Phi) is 6.18. The highest BCUT2D eigenvalue weighted by atomic mass is 19.1. The molecule has 110 valence electrons. The lowest BCUT2D eigenvalue weighted by atomic mass is 10.1. The number of hydrogen-bond donors (Lipinski definition) is 1. The third-order valence-electron chi connectivity index (χ3n) is 2.93. The van der Waals surface area contributed by atoms with Gasteiger partial charge >= 0.3 is 5.97 Å². The number of carboxylic acids is 1. The predicted octanol–water partition coefficient (Wildman–Crippen LogP) is 2.31. The Balaban J connectivity index is 2.87. The number of carboxylic acid groups (broad SMARTS) is 1. The normalized spacial score (nSPS) is 11.2. The second-order valence-electron chi connectivity index (χ2n) is 4.92. The minimum absolute atomic E-state index is 0.308. The quantitative estimate of drug-likeness (QED) is 0.778. The molecule has 0 fully saturated rings. The largest absolute Gasteiger partial charge is 0.478 e. The first kappa shape index (κ1) is 16.2. The van der Waals surface area contributed by atoms with Crippen LogP contribution in [-0.4, -0.2) is 50.2 Å². The first-order chi connectivity index (χ1) is 9.41. The standard InChI is InChI=1S/C15H21FN2O2/c1-17(2)10-5-11-18(3)14-7-4-6-13(16)12(14)8-9-15(19)20/h4,6-9H,5,10-11H2,1-3H3,(H,19,20)/b9-8+. The molecule has 0 aromatic heterocycles. The summed E-state index contributed by atoms with van der Waals surface area (Å²) in [4.78, 5) is 14.6. The second kappa shape index (κ2) is 7.65. The monoisotopic (exact) mass is 280 g/mol. The fourth-order valence-corrected chi connectivity index (χ4v) is 1.92. The van der Waals surface area contributed by atoms with Crippen LogP contribution in [-0.2, 0) is 4.79 Å². The van der Waals surface area contributed by atoms with Crippen molar-refractivity contribution in [1.29, 1.82) is 0 Å². The molecule has 0 unspecified atom stereocenters. The van der Waals surface area contributed by atoms with Crippen LogP contribution >= 0.6 is 0 Å². The molecular weight excluding hydrogens is 259 g/mol. The Hall–Kier alpha value is -1.88. The summed E-state index contributed by atoms with van der Waals surface area (Å²) >= 11 is 0. The molecule has 0 amide bonds. The van der Waals surface area contributed by atoms with Gasteiger partial charge < -0.3 is 14.9 Å². The van der Waals surface area contributed by atoms with Crippen molar-refractivity contribution in [3.8, 4) is 0 Å². The maximum Gasteiger partial charge on any atom is 0.328 e. The SMILES string of the molecule is CN(C)CCCN(C)c1cccc(F)c1/C=C/C(=O)O. The van der Waals surface area contributed by atoms with E-state index >= 15 is 0 Å². The Morgan fingerprint density at radius 3 is 2.60 bits per heavy atom. The second-order valence-corrected chi connectivity index (χ2v) is 4.92. The van der Waals surface area contributed by atoms with Gasteiger partial charge in [0.15, 0.2) is 0 Å². The van der Waals surface area contributed by atoms with Crippen molar-refractivity contribution in [2.75, 3.05) is 39.1 Å². The number of nitrogens with zero attached hydrogens (tertiary/aromatic N) is 2. The van der Waals surface area contributed by atoms with Crippen LogP contribution in [0.4, 0.5) is 10.1 Å². The van der Waals surface area contributed by atoms with E-state index in [0.717, 1.165) is 25.6 Å². The Morgan fingerprint density at radius 1 is 1.30 bits per heavy atom. The van der Waals surface area contributed by atoms with Crippen LogP contribution in [0.2, 0.25) is 0 Å². The predicted molar refractivity (Wildman–Crippen MR) is 79.5 cm³/mol. The van der Waals surface area contributed by atoms with Crippen molar-refractivity contribution in [3.63, 3.8) is 0 Å². The number of benzene rings is 1. The number of aliphatic carboxylic acids is 1. The highest BCUT2D eigenvalue weighted by molar-refractivity contribution is 5.87. The lowest BCUT2D eigenvalue weighted by Crippen LogP contribution is -2.24. The number of carbonyl (C=O) groups is 1. The molecule has 5 heteroatoms. The summed E-state index contributed by atoms with van der Waals surface area (Å²) in [5, 5.41) is 8.67. The van der Waals surface area contributed by atoms with Gasteiger partial charge in [0.25, 0.3) is 0 Å². The zero-order valence-corrected chi connectivity index (χ0v) is 12.1. The van der Waals surface area contributed by atoms with Gasteiger partial charge in [0.05, 0.1) is 0 Å². The van der Waals surface area contributed by atoms with Crippen molar-refractivity contribution in [1.82, 2.24) is 4.90 Å². The molecule has 0 atom stereocenters. The summed E-state index contributed by atoms with van der Waals surface area (Å²) in [6, 6.07) is 4.75. The van der Waals surface area contributed by atoms with Crippen LogP contribution in [0.3, 0.4) is 0 Å². The fraction of sp³-hybridized carbons (Fsp3) is 0.400. The minimum Gasteiger partial charge on any atom is -0.478 e. The maximum atomic E-state index is 13.8.